The summed E-state index contributed by atoms with van der Waals surface area (Å²) in [7, 11) is 1.49. The molecule has 12 heteroatoms. The molecule has 0 unspecified atom stereocenters. The van der Waals surface area contributed by atoms with Gasteiger partial charge in [0.15, 0.2) is 6.73 Å². The number of pyridine rings is 1. The molecule has 4 heterocycles. The first-order valence-electron chi connectivity index (χ1n) is 9.16. The van der Waals surface area contributed by atoms with Crippen molar-refractivity contribution < 1.29 is 18.3 Å². The first kappa shape index (κ1) is 20.5. The van der Waals surface area contributed by atoms with E-state index < -0.39 is 11.7 Å². The van der Waals surface area contributed by atoms with Crippen LogP contribution in [0.5, 0.6) is 0 Å². The fourth-order valence-electron chi connectivity index (χ4n) is 2.95. The minimum atomic E-state index is -3.28. The number of aromatic nitrogens is 7. The van der Waals surface area contributed by atoms with E-state index in [0.717, 1.165) is 12.3 Å². The number of carbonyl (C=O) groups is 1. The largest absolute Gasteiger partial charge is 0.361 e. The number of nitrogens with zero attached hydrogens (tertiary/aromatic N) is 7. The summed E-state index contributed by atoms with van der Waals surface area (Å²) in [5.74, 6) is -3.67. The summed E-state index contributed by atoms with van der Waals surface area (Å²) in [6.45, 7) is 2.20. The molecule has 1 amide bonds. The molecule has 0 bridgehead atoms. The van der Waals surface area contributed by atoms with Gasteiger partial charge < -0.3 is 14.6 Å². The van der Waals surface area contributed by atoms with E-state index in [0.29, 0.717) is 17.0 Å². The molecule has 1 N–H and O–H groups in total. The van der Waals surface area contributed by atoms with Gasteiger partial charge in [0.05, 0.1) is 17.4 Å². The zero-order valence-corrected chi connectivity index (χ0v) is 16.9. The van der Waals surface area contributed by atoms with Crippen molar-refractivity contribution in [2.24, 2.45) is 0 Å². The van der Waals surface area contributed by atoms with Gasteiger partial charge in [0.2, 0.25) is 11.7 Å². The normalized spacial score (nSPS) is 11.8. The van der Waals surface area contributed by atoms with E-state index in [9.17, 15) is 13.6 Å². The van der Waals surface area contributed by atoms with Crippen molar-refractivity contribution in [1.29, 1.82) is 0 Å². The Hall–Kier alpha value is -3.80. The van der Waals surface area contributed by atoms with E-state index in [2.05, 4.69) is 30.5 Å². The van der Waals surface area contributed by atoms with Crippen LogP contribution in [-0.2, 0) is 22.2 Å². The van der Waals surface area contributed by atoms with E-state index in [1.165, 1.54) is 31.1 Å². The van der Waals surface area contributed by atoms with Crippen LogP contribution in [0.1, 0.15) is 19.7 Å². The average molecular weight is 428 g/mol. The predicted octanol–water partition coefficient (Wildman–Crippen LogP) is 2.75. The summed E-state index contributed by atoms with van der Waals surface area (Å²) < 4.78 is 34.9. The summed E-state index contributed by atoms with van der Waals surface area (Å²) >= 11 is 0. The van der Waals surface area contributed by atoms with Crippen LogP contribution in [0.4, 0.5) is 14.6 Å². The smallest absolute Gasteiger partial charge is 0.303 e. The molecule has 0 radical (unpaired) electrons. The van der Waals surface area contributed by atoms with E-state index in [4.69, 9.17) is 4.74 Å². The number of nitrogens with one attached hydrogen (secondary N) is 1. The molecule has 0 fully saturated rings. The quantitative estimate of drug-likeness (QED) is 0.502. The van der Waals surface area contributed by atoms with Gasteiger partial charge in [-0.25, -0.2) is 15.0 Å². The molecule has 0 aromatic carbocycles. The van der Waals surface area contributed by atoms with Crippen molar-refractivity contribution in [1.82, 2.24) is 34.5 Å². The van der Waals surface area contributed by atoms with Gasteiger partial charge in [-0.05, 0) is 6.07 Å². The Morgan fingerprint density at radius 3 is 2.74 bits per heavy atom. The van der Waals surface area contributed by atoms with E-state index in [1.54, 1.807) is 29.1 Å². The third-order valence-electron chi connectivity index (χ3n) is 4.27. The van der Waals surface area contributed by atoms with Gasteiger partial charge in [-0.1, -0.05) is 0 Å². The fraction of sp³-hybridized carbons (Fsp3) is 0.263. The number of carbonyl (C=O) groups excluding carboxylic acids is 1. The molecule has 0 aliphatic rings. The average Bonchev–Trinajstić information content (AvgIpc) is 3.33. The molecule has 10 nitrogen and oxygen atoms in total. The van der Waals surface area contributed by atoms with Crippen molar-refractivity contribution >= 4 is 22.6 Å². The number of halogens is 2. The molecule has 0 spiro atoms. The topological polar surface area (TPSA) is 113 Å². The Morgan fingerprint density at radius 1 is 1.23 bits per heavy atom. The molecule has 4 aromatic heterocycles. The number of methoxy groups -OCH3 is 1. The van der Waals surface area contributed by atoms with Crippen LogP contribution in [0.3, 0.4) is 0 Å². The lowest BCUT2D eigenvalue weighted by Gasteiger charge is -2.13. The highest BCUT2D eigenvalue weighted by atomic mass is 19.3. The Morgan fingerprint density at radius 2 is 2.03 bits per heavy atom. The van der Waals surface area contributed by atoms with Crippen molar-refractivity contribution in [3.63, 3.8) is 0 Å². The number of ether oxygens (including phenoxy) is 1. The second kappa shape index (κ2) is 7.80. The van der Waals surface area contributed by atoms with E-state index in [1.807, 2.05) is 0 Å². The second-order valence-corrected chi connectivity index (χ2v) is 6.84. The maximum absolute atomic E-state index is 14.2. The van der Waals surface area contributed by atoms with Crippen molar-refractivity contribution in [2.75, 3.05) is 12.4 Å². The maximum atomic E-state index is 14.2. The first-order chi connectivity index (χ1) is 14.7. The van der Waals surface area contributed by atoms with Gasteiger partial charge in [0.1, 0.15) is 17.3 Å². The number of hydrogen-bond acceptors (Lipinski definition) is 7. The van der Waals surface area contributed by atoms with Gasteiger partial charge >= 0.3 is 5.92 Å². The van der Waals surface area contributed by atoms with Crippen molar-refractivity contribution in [3.05, 3.63) is 42.6 Å². The van der Waals surface area contributed by atoms with Crippen LogP contribution in [0.15, 0.2) is 36.8 Å². The summed E-state index contributed by atoms with van der Waals surface area (Å²) in [5.41, 5.74) is 1.10. The Bertz CT molecular complexity index is 1260. The van der Waals surface area contributed by atoms with Crippen LogP contribution in [0.2, 0.25) is 0 Å². The second-order valence-electron chi connectivity index (χ2n) is 6.84. The molecule has 4 aromatic rings. The minimum absolute atomic E-state index is 0.107. The standard InChI is InChI=1S/C19H18F2N8O2/c1-11(30)24-16-7-15-12(8-22-16)4-5-28(15)17-6-13(25-18(26-17)19(2,20)21)14-9-23-29(27-14)10-31-3/h4-9H,10H2,1-3H3,(H,22,24,30). The first-order valence-corrected chi connectivity index (χ1v) is 9.16. The molecule has 0 saturated heterocycles. The predicted molar refractivity (Wildman–Crippen MR) is 107 cm³/mol. The lowest BCUT2D eigenvalue weighted by molar-refractivity contribution is -0.114. The highest BCUT2D eigenvalue weighted by Crippen LogP contribution is 2.29. The zero-order chi connectivity index (χ0) is 22.2. The monoisotopic (exact) mass is 428 g/mol. The van der Waals surface area contributed by atoms with Crippen LogP contribution < -0.4 is 5.32 Å². The number of alkyl halides is 2. The van der Waals surface area contributed by atoms with Gasteiger partial charge in [-0.2, -0.15) is 18.7 Å². The van der Waals surface area contributed by atoms with Crippen LogP contribution in [-0.4, -0.2) is 47.5 Å². The lowest BCUT2D eigenvalue weighted by atomic mass is 10.2. The number of hydrogen-bond donors (Lipinski definition) is 1. The van der Waals surface area contributed by atoms with Gasteiger partial charge in [0.25, 0.3) is 0 Å². The Balaban J connectivity index is 1.86. The Labute approximate surface area is 174 Å². The zero-order valence-electron chi connectivity index (χ0n) is 16.9. The summed E-state index contributed by atoms with van der Waals surface area (Å²) in [6.07, 6.45) is 4.66. The highest BCUT2D eigenvalue weighted by Gasteiger charge is 2.30. The van der Waals surface area contributed by atoms with Gasteiger partial charge in [0, 0.05) is 50.9 Å². The van der Waals surface area contributed by atoms with Crippen LogP contribution in [0.25, 0.3) is 28.1 Å². The fourth-order valence-corrected chi connectivity index (χ4v) is 2.95. The molecule has 0 aliphatic heterocycles. The maximum Gasteiger partial charge on any atom is 0.303 e. The summed E-state index contributed by atoms with van der Waals surface area (Å²) in [4.78, 5) is 24.9. The van der Waals surface area contributed by atoms with E-state index >= 15 is 0 Å². The van der Waals surface area contributed by atoms with Crippen LogP contribution in [0, 0.1) is 0 Å². The van der Waals surface area contributed by atoms with Crippen LogP contribution >= 0.6 is 0 Å². The van der Waals surface area contributed by atoms with Gasteiger partial charge in [-0.3, -0.25) is 4.79 Å². The van der Waals surface area contributed by atoms with Gasteiger partial charge in [-0.15, -0.1) is 5.10 Å². The third kappa shape index (κ3) is 4.23. The molecular formula is C19H18F2N8O2. The molecule has 0 aliphatic carbocycles. The number of fused-ring (bicyclic) bond motifs is 1. The number of rotatable bonds is 6. The molecule has 160 valence electrons. The molecule has 0 atom stereocenters. The molecule has 4 rings (SSSR count). The van der Waals surface area contributed by atoms with Crippen molar-refractivity contribution in [2.45, 2.75) is 26.5 Å². The molecule has 31 heavy (non-hydrogen) atoms. The summed E-state index contributed by atoms with van der Waals surface area (Å²) in [5, 5.41) is 11.6. The minimum Gasteiger partial charge on any atom is -0.361 e. The molecular weight excluding hydrogens is 410 g/mol. The summed E-state index contributed by atoms with van der Waals surface area (Å²) in [6, 6.07) is 4.94. The third-order valence-corrected chi connectivity index (χ3v) is 4.27. The SMILES string of the molecule is COCn1ncc(-c2cc(-n3ccc4cnc(NC(C)=O)cc43)nc(C(C)(F)F)n2)n1. The lowest BCUT2D eigenvalue weighted by Crippen LogP contribution is -2.15. The number of amides is 1. The number of anilines is 1. The van der Waals surface area contributed by atoms with E-state index in [-0.39, 0.29) is 24.1 Å². The van der Waals surface area contributed by atoms with Crippen molar-refractivity contribution in [3.8, 4) is 17.2 Å². The molecule has 0 saturated carbocycles. The highest BCUT2D eigenvalue weighted by molar-refractivity contribution is 5.91. The Kier molecular flexibility index (Phi) is 5.15.